The third-order valence-electron chi connectivity index (χ3n) is 7.48. The van der Waals surface area contributed by atoms with Crippen molar-refractivity contribution in [1.29, 1.82) is 0 Å². The van der Waals surface area contributed by atoms with E-state index in [1.165, 1.54) is 4.90 Å². The first-order valence-electron chi connectivity index (χ1n) is 12.7. The van der Waals surface area contributed by atoms with Crippen LogP contribution in [0.1, 0.15) is 47.3 Å². The van der Waals surface area contributed by atoms with E-state index in [9.17, 15) is 14.4 Å². The number of anilines is 1. The van der Waals surface area contributed by atoms with Crippen molar-refractivity contribution in [2.75, 3.05) is 11.5 Å². The van der Waals surface area contributed by atoms with Crippen molar-refractivity contribution in [2.45, 2.75) is 31.8 Å². The number of imide groups is 1. The van der Waals surface area contributed by atoms with Gasteiger partial charge in [0.2, 0.25) is 11.8 Å². The lowest BCUT2D eigenvalue weighted by atomic mass is 9.83. The van der Waals surface area contributed by atoms with Gasteiger partial charge in [0.15, 0.2) is 5.78 Å². The van der Waals surface area contributed by atoms with E-state index < -0.39 is 23.9 Å². The van der Waals surface area contributed by atoms with Gasteiger partial charge in [-0.2, -0.15) is 5.10 Å². The maximum absolute atomic E-state index is 13.9. The van der Waals surface area contributed by atoms with Gasteiger partial charge in [-0.1, -0.05) is 67.9 Å². The molecule has 2 fully saturated rings. The highest BCUT2D eigenvalue weighted by Crippen LogP contribution is 2.53. The molecule has 0 saturated carbocycles. The fourth-order valence-electron chi connectivity index (χ4n) is 5.72. The molecule has 2 saturated heterocycles. The Morgan fingerprint density at radius 1 is 0.892 bits per heavy atom. The van der Waals surface area contributed by atoms with E-state index in [0.29, 0.717) is 23.6 Å². The first-order valence-corrected chi connectivity index (χ1v) is 12.7. The van der Waals surface area contributed by atoms with Crippen LogP contribution in [0.4, 0.5) is 5.69 Å². The molecule has 4 atom stereocenters. The molecule has 3 aliphatic rings. The third kappa shape index (κ3) is 3.73. The molecule has 3 aliphatic heterocycles. The lowest BCUT2D eigenvalue weighted by Crippen LogP contribution is -2.44. The second kappa shape index (κ2) is 9.32. The molecule has 0 unspecified atom stereocenters. The number of unbranched alkanes of at least 4 members (excludes halogenated alkanes) is 1. The van der Waals surface area contributed by atoms with Crippen molar-refractivity contribution < 1.29 is 19.1 Å². The standard InChI is InChI=1S/C30H27N3O4/c1-2-3-17-37-22-15-13-21(14-16-22)32-29(35)24-25(30(32)36)27(28(34)19-9-5-4-6-10-19)33-26(24)23-12-8-7-11-20(23)18-31-33/h4-16,18,24-27H,2-3,17H2,1H3/t24-,25+,26-,27-/m0/s1. The van der Waals surface area contributed by atoms with E-state index in [4.69, 9.17) is 4.74 Å². The van der Waals surface area contributed by atoms with Crippen LogP contribution < -0.4 is 9.64 Å². The number of benzene rings is 3. The van der Waals surface area contributed by atoms with Crippen LogP contribution in [0.25, 0.3) is 0 Å². The van der Waals surface area contributed by atoms with Crippen LogP contribution >= 0.6 is 0 Å². The second-order valence-electron chi connectivity index (χ2n) is 9.63. The number of hydrogen-bond donors (Lipinski definition) is 0. The Morgan fingerprint density at radius 2 is 1.59 bits per heavy atom. The van der Waals surface area contributed by atoms with Gasteiger partial charge in [0.25, 0.3) is 0 Å². The Labute approximate surface area is 215 Å². The van der Waals surface area contributed by atoms with Gasteiger partial charge in [-0.15, -0.1) is 0 Å². The molecule has 7 heteroatoms. The van der Waals surface area contributed by atoms with Crippen molar-refractivity contribution in [3.8, 4) is 5.75 Å². The van der Waals surface area contributed by atoms with Crippen molar-refractivity contribution in [3.05, 3.63) is 95.6 Å². The Morgan fingerprint density at radius 3 is 2.35 bits per heavy atom. The smallest absolute Gasteiger partial charge is 0.240 e. The normalized spacial score (nSPS) is 23.6. The highest BCUT2D eigenvalue weighted by atomic mass is 16.5. The van der Waals surface area contributed by atoms with Gasteiger partial charge in [0.05, 0.1) is 36.4 Å². The van der Waals surface area contributed by atoms with Crippen LogP contribution in [0.3, 0.4) is 0 Å². The fraction of sp³-hybridized carbons (Fsp3) is 0.267. The summed E-state index contributed by atoms with van der Waals surface area (Å²) < 4.78 is 5.74. The summed E-state index contributed by atoms with van der Waals surface area (Å²) >= 11 is 0. The van der Waals surface area contributed by atoms with Gasteiger partial charge >= 0.3 is 0 Å². The summed E-state index contributed by atoms with van der Waals surface area (Å²) in [6.07, 6.45) is 3.70. The Hall–Kier alpha value is -4.26. The SMILES string of the molecule is CCCCOc1ccc(N2C(=O)[C@@H]3[C@H](C2=O)[C@@H]2c4ccccc4C=NN2[C@@H]3C(=O)c2ccccc2)cc1. The van der Waals surface area contributed by atoms with Crippen LogP contribution in [0, 0.1) is 11.8 Å². The summed E-state index contributed by atoms with van der Waals surface area (Å²) in [4.78, 5) is 42.9. The van der Waals surface area contributed by atoms with E-state index >= 15 is 0 Å². The molecule has 3 aromatic carbocycles. The van der Waals surface area contributed by atoms with Gasteiger partial charge < -0.3 is 4.74 Å². The number of ether oxygens (including phenoxy) is 1. The maximum Gasteiger partial charge on any atom is 0.240 e. The number of amides is 2. The third-order valence-corrected chi connectivity index (χ3v) is 7.48. The lowest BCUT2D eigenvalue weighted by molar-refractivity contribution is -0.124. The number of hydrogen-bond acceptors (Lipinski definition) is 6. The monoisotopic (exact) mass is 493 g/mol. The molecule has 0 aromatic heterocycles. The number of nitrogens with zero attached hydrogens (tertiary/aromatic N) is 3. The topological polar surface area (TPSA) is 79.3 Å². The Kier molecular flexibility index (Phi) is 5.83. The summed E-state index contributed by atoms with van der Waals surface area (Å²) in [5.74, 6) is -1.75. The Balaban J connectivity index is 1.39. The number of hydrazone groups is 1. The molecule has 3 aromatic rings. The first kappa shape index (κ1) is 23.2. The molecule has 0 radical (unpaired) electrons. The highest BCUT2D eigenvalue weighted by molar-refractivity contribution is 6.24. The lowest BCUT2D eigenvalue weighted by Gasteiger charge is -2.33. The zero-order valence-corrected chi connectivity index (χ0v) is 20.5. The quantitative estimate of drug-likeness (QED) is 0.273. The van der Waals surface area contributed by atoms with Gasteiger partial charge in [-0.25, -0.2) is 4.90 Å². The summed E-state index contributed by atoms with van der Waals surface area (Å²) in [5.41, 5.74) is 2.77. The predicted octanol–water partition coefficient (Wildman–Crippen LogP) is 4.63. The number of rotatable bonds is 7. The van der Waals surface area contributed by atoms with Crippen molar-refractivity contribution in [1.82, 2.24) is 5.01 Å². The number of fused-ring (bicyclic) bond motifs is 5. The van der Waals surface area contributed by atoms with Crippen molar-refractivity contribution in [3.63, 3.8) is 0 Å². The molecule has 0 aliphatic carbocycles. The maximum atomic E-state index is 13.9. The summed E-state index contributed by atoms with van der Waals surface area (Å²) in [6.45, 7) is 2.71. The Bertz CT molecular complexity index is 1390. The minimum Gasteiger partial charge on any atom is -0.494 e. The summed E-state index contributed by atoms with van der Waals surface area (Å²) in [7, 11) is 0. The summed E-state index contributed by atoms with van der Waals surface area (Å²) in [6, 6.07) is 22.3. The minimum absolute atomic E-state index is 0.211. The number of carbonyl (C=O) groups is 3. The number of carbonyl (C=O) groups excluding carboxylic acids is 3. The van der Waals surface area contributed by atoms with Crippen LogP contribution in [-0.2, 0) is 9.59 Å². The summed E-state index contributed by atoms with van der Waals surface area (Å²) in [5, 5.41) is 6.29. The van der Waals surface area contributed by atoms with Gasteiger partial charge in [-0.3, -0.25) is 19.4 Å². The molecule has 3 heterocycles. The zero-order valence-electron chi connectivity index (χ0n) is 20.5. The van der Waals surface area contributed by atoms with Crippen molar-refractivity contribution in [2.24, 2.45) is 16.9 Å². The van der Waals surface area contributed by atoms with Gasteiger partial charge in [-0.05, 0) is 41.8 Å². The van der Waals surface area contributed by atoms with Crippen LogP contribution in [-0.4, -0.2) is 41.5 Å². The van der Waals surface area contributed by atoms with Crippen molar-refractivity contribution >= 4 is 29.5 Å². The van der Waals surface area contributed by atoms with Gasteiger partial charge in [0.1, 0.15) is 11.8 Å². The molecular weight excluding hydrogens is 466 g/mol. The molecule has 2 amide bonds. The first-order chi connectivity index (χ1) is 18.1. The molecule has 0 spiro atoms. The molecule has 0 N–H and O–H groups in total. The van der Waals surface area contributed by atoms with Gasteiger partial charge in [0, 0.05) is 5.56 Å². The average Bonchev–Trinajstić information content (AvgIpc) is 3.41. The molecule has 186 valence electrons. The van der Waals surface area contributed by atoms with Crippen LogP contribution in [0.2, 0.25) is 0 Å². The van der Waals surface area contributed by atoms with E-state index in [1.807, 2.05) is 30.3 Å². The zero-order chi connectivity index (χ0) is 25.5. The molecule has 7 nitrogen and oxygen atoms in total. The predicted molar refractivity (Wildman–Crippen MR) is 139 cm³/mol. The number of Topliss-reactive ketones (excluding diaryl/α,β-unsaturated/α-hetero) is 1. The van der Waals surface area contributed by atoms with E-state index in [-0.39, 0.29) is 17.6 Å². The molecule has 6 rings (SSSR count). The minimum atomic E-state index is -0.875. The molecular formula is C30H27N3O4. The highest BCUT2D eigenvalue weighted by Gasteiger charge is 2.65. The second-order valence-corrected chi connectivity index (χ2v) is 9.63. The van der Waals surface area contributed by atoms with E-state index in [2.05, 4.69) is 12.0 Å². The number of ketones is 1. The molecule has 37 heavy (non-hydrogen) atoms. The average molecular weight is 494 g/mol. The van der Waals surface area contributed by atoms with Crippen LogP contribution in [0.15, 0.2) is 84.0 Å². The fourth-order valence-corrected chi connectivity index (χ4v) is 5.72. The van der Waals surface area contributed by atoms with E-state index in [1.54, 1.807) is 59.8 Å². The largest absolute Gasteiger partial charge is 0.494 e. The van der Waals surface area contributed by atoms with E-state index in [0.717, 1.165) is 24.0 Å². The van der Waals surface area contributed by atoms with Crippen LogP contribution in [0.5, 0.6) is 5.75 Å². The molecule has 0 bridgehead atoms.